The van der Waals surface area contributed by atoms with Gasteiger partial charge in [-0.3, -0.25) is 9.47 Å². The lowest BCUT2D eigenvalue weighted by atomic mass is 10.1. The molecule has 0 radical (unpaired) electrons. The van der Waals surface area contributed by atoms with Crippen LogP contribution in [0.15, 0.2) is 24.3 Å². The molecule has 1 atom stereocenters. The van der Waals surface area contributed by atoms with Crippen LogP contribution in [-0.4, -0.2) is 85.1 Å². The first-order chi connectivity index (χ1) is 16.6. The Morgan fingerprint density at radius 2 is 1.88 bits per heavy atom. The monoisotopic (exact) mass is 462 g/mol. The second-order valence-electron chi connectivity index (χ2n) is 9.26. The van der Waals surface area contributed by atoms with E-state index >= 15 is 0 Å². The molecule has 2 fully saturated rings. The number of benzene rings is 1. The molecule has 2 aliphatic heterocycles. The van der Waals surface area contributed by atoms with E-state index in [1.165, 1.54) is 0 Å². The van der Waals surface area contributed by atoms with Crippen LogP contribution in [0.1, 0.15) is 18.1 Å². The number of aliphatic hydroxyl groups excluding tert-OH is 1. The molecule has 0 bridgehead atoms. The zero-order valence-corrected chi connectivity index (χ0v) is 19.7. The van der Waals surface area contributed by atoms with Gasteiger partial charge in [-0.15, -0.1) is 0 Å². The number of hydrogen-bond donors (Lipinski definition) is 1. The third kappa shape index (κ3) is 3.62. The standard InChI is InChI=1S/C24H30N8O2/c1-16-25-18-5-3-4-6-19(18)32(16)24-27-22-21(23(28-24)31-9-11-34-12-10-31)26-20(29(22)2)14-30-8-7-17(13-30)15-33/h3-6,17,33H,7-15H2,1-2H3/t17-/m0/s1. The predicted octanol–water partition coefficient (Wildman–Crippen LogP) is 1.66. The van der Waals surface area contributed by atoms with Gasteiger partial charge in [0.05, 0.1) is 30.8 Å². The Morgan fingerprint density at radius 1 is 1.06 bits per heavy atom. The number of aromatic nitrogens is 6. The van der Waals surface area contributed by atoms with E-state index in [4.69, 9.17) is 24.7 Å². The molecule has 2 aliphatic rings. The van der Waals surface area contributed by atoms with Crippen LogP contribution < -0.4 is 4.90 Å². The number of morpholine rings is 1. The normalized spacial score (nSPS) is 19.6. The van der Waals surface area contributed by atoms with E-state index < -0.39 is 0 Å². The van der Waals surface area contributed by atoms with Gasteiger partial charge in [-0.25, -0.2) is 9.97 Å². The van der Waals surface area contributed by atoms with Gasteiger partial charge in [0.25, 0.3) is 0 Å². The molecule has 6 rings (SSSR count). The van der Waals surface area contributed by atoms with E-state index in [1.54, 1.807) is 0 Å². The summed E-state index contributed by atoms with van der Waals surface area (Å²) in [6, 6.07) is 8.07. The molecule has 178 valence electrons. The van der Waals surface area contributed by atoms with Gasteiger partial charge >= 0.3 is 0 Å². The van der Waals surface area contributed by atoms with Crippen molar-refractivity contribution in [3.8, 4) is 5.95 Å². The summed E-state index contributed by atoms with van der Waals surface area (Å²) in [6.45, 7) is 7.71. The Morgan fingerprint density at radius 3 is 2.68 bits per heavy atom. The second-order valence-corrected chi connectivity index (χ2v) is 9.26. The van der Waals surface area contributed by atoms with Gasteiger partial charge in [0.15, 0.2) is 17.0 Å². The van der Waals surface area contributed by atoms with Crippen LogP contribution >= 0.6 is 0 Å². The zero-order valence-electron chi connectivity index (χ0n) is 19.7. The van der Waals surface area contributed by atoms with Crippen LogP contribution in [0.5, 0.6) is 0 Å². The number of anilines is 1. The number of nitrogens with zero attached hydrogens (tertiary/aromatic N) is 8. The van der Waals surface area contributed by atoms with Crippen molar-refractivity contribution in [2.75, 3.05) is 50.9 Å². The summed E-state index contributed by atoms with van der Waals surface area (Å²) >= 11 is 0. The van der Waals surface area contributed by atoms with Gasteiger partial charge < -0.3 is 19.3 Å². The van der Waals surface area contributed by atoms with E-state index in [-0.39, 0.29) is 6.61 Å². The quantitative estimate of drug-likeness (QED) is 0.478. The lowest BCUT2D eigenvalue weighted by Crippen LogP contribution is -2.37. The summed E-state index contributed by atoms with van der Waals surface area (Å²) < 4.78 is 9.71. The van der Waals surface area contributed by atoms with Crippen molar-refractivity contribution < 1.29 is 9.84 Å². The van der Waals surface area contributed by atoms with E-state index in [0.29, 0.717) is 25.1 Å². The average molecular weight is 463 g/mol. The highest BCUT2D eigenvalue weighted by Gasteiger charge is 2.26. The number of para-hydroxylation sites is 2. The molecule has 2 saturated heterocycles. The highest BCUT2D eigenvalue weighted by molar-refractivity contribution is 5.86. The minimum Gasteiger partial charge on any atom is -0.396 e. The molecule has 0 spiro atoms. The Bertz CT molecular complexity index is 1340. The number of ether oxygens (including phenoxy) is 1. The summed E-state index contributed by atoms with van der Waals surface area (Å²) in [5.41, 5.74) is 3.55. The van der Waals surface area contributed by atoms with Gasteiger partial charge in [-0.2, -0.15) is 9.97 Å². The molecule has 34 heavy (non-hydrogen) atoms. The predicted molar refractivity (Wildman–Crippen MR) is 129 cm³/mol. The fraction of sp³-hybridized carbons (Fsp3) is 0.500. The van der Waals surface area contributed by atoms with Crippen LogP contribution in [0.4, 0.5) is 5.82 Å². The third-order valence-corrected chi connectivity index (χ3v) is 7.01. The summed E-state index contributed by atoms with van der Waals surface area (Å²) in [7, 11) is 2.03. The van der Waals surface area contributed by atoms with Crippen molar-refractivity contribution in [1.82, 2.24) is 34.0 Å². The van der Waals surface area contributed by atoms with Crippen LogP contribution in [0.2, 0.25) is 0 Å². The molecular weight excluding hydrogens is 432 g/mol. The molecule has 0 amide bonds. The van der Waals surface area contributed by atoms with Crippen molar-refractivity contribution in [1.29, 1.82) is 0 Å². The largest absolute Gasteiger partial charge is 0.396 e. The lowest BCUT2D eigenvalue weighted by Gasteiger charge is -2.28. The maximum atomic E-state index is 9.53. The first-order valence-corrected chi connectivity index (χ1v) is 12.0. The smallest absolute Gasteiger partial charge is 0.239 e. The number of imidazole rings is 2. The summed E-state index contributed by atoms with van der Waals surface area (Å²) in [5.74, 6) is 3.61. The van der Waals surface area contributed by atoms with Crippen molar-refractivity contribution in [3.05, 3.63) is 35.9 Å². The molecule has 1 N–H and O–H groups in total. The topological polar surface area (TPSA) is 97.4 Å². The van der Waals surface area contributed by atoms with Crippen molar-refractivity contribution in [2.45, 2.75) is 19.9 Å². The number of fused-ring (bicyclic) bond motifs is 2. The Balaban J connectivity index is 1.49. The SMILES string of the molecule is Cc1nc2ccccc2n1-c1nc(N2CCOCC2)c2nc(CN3CC[C@H](CO)C3)n(C)c2n1. The molecule has 10 heteroatoms. The van der Waals surface area contributed by atoms with Crippen molar-refractivity contribution >= 4 is 28.0 Å². The molecule has 3 aromatic heterocycles. The van der Waals surface area contributed by atoms with Gasteiger partial charge in [0, 0.05) is 33.3 Å². The van der Waals surface area contributed by atoms with Gasteiger partial charge in [-0.1, -0.05) is 12.1 Å². The van der Waals surface area contributed by atoms with E-state index in [1.807, 2.05) is 36.7 Å². The molecule has 0 saturated carbocycles. The molecule has 10 nitrogen and oxygen atoms in total. The Kier molecular flexibility index (Phi) is 5.43. The fourth-order valence-electron chi connectivity index (χ4n) is 5.12. The lowest BCUT2D eigenvalue weighted by molar-refractivity contribution is 0.122. The summed E-state index contributed by atoms with van der Waals surface area (Å²) in [5, 5.41) is 9.53. The van der Waals surface area contributed by atoms with Crippen LogP contribution in [0.3, 0.4) is 0 Å². The third-order valence-electron chi connectivity index (χ3n) is 7.01. The number of hydrogen-bond acceptors (Lipinski definition) is 8. The highest BCUT2D eigenvalue weighted by atomic mass is 16.5. The maximum Gasteiger partial charge on any atom is 0.239 e. The first-order valence-electron chi connectivity index (χ1n) is 12.0. The fourth-order valence-corrected chi connectivity index (χ4v) is 5.12. The highest BCUT2D eigenvalue weighted by Crippen LogP contribution is 2.29. The molecule has 4 aromatic rings. The van der Waals surface area contributed by atoms with E-state index in [2.05, 4.69) is 20.4 Å². The number of aryl methyl sites for hydroxylation is 2. The van der Waals surface area contributed by atoms with Crippen LogP contribution in [-0.2, 0) is 18.3 Å². The Labute approximate surface area is 197 Å². The van der Waals surface area contributed by atoms with Gasteiger partial charge in [0.2, 0.25) is 5.95 Å². The van der Waals surface area contributed by atoms with E-state index in [9.17, 15) is 5.11 Å². The van der Waals surface area contributed by atoms with Crippen LogP contribution in [0.25, 0.3) is 28.1 Å². The first kappa shape index (κ1) is 21.5. The number of rotatable bonds is 5. The molecule has 1 aromatic carbocycles. The second kappa shape index (κ2) is 8.61. The molecular formula is C24H30N8O2. The van der Waals surface area contributed by atoms with Crippen LogP contribution in [0, 0.1) is 12.8 Å². The molecule has 5 heterocycles. The molecule has 0 unspecified atom stereocenters. The Hall–Kier alpha value is -3.08. The van der Waals surface area contributed by atoms with Gasteiger partial charge in [0.1, 0.15) is 11.6 Å². The summed E-state index contributed by atoms with van der Waals surface area (Å²) in [6.07, 6.45) is 1.02. The van der Waals surface area contributed by atoms with Crippen molar-refractivity contribution in [2.24, 2.45) is 13.0 Å². The zero-order chi connectivity index (χ0) is 23.2. The van der Waals surface area contributed by atoms with E-state index in [0.717, 1.165) is 78.8 Å². The minimum atomic E-state index is 0.243. The van der Waals surface area contributed by atoms with Gasteiger partial charge in [-0.05, 0) is 37.9 Å². The minimum absolute atomic E-state index is 0.243. The molecule has 0 aliphatic carbocycles. The van der Waals surface area contributed by atoms with Crippen molar-refractivity contribution in [3.63, 3.8) is 0 Å². The maximum absolute atomic E-state index is 9.53. The summed E-state index contributed by atoms with van der Waals surface area (Å²) in [4.78, 5) is 24.4. The average Bonchev–Trinajstić information content (AvgIpc) is 3.54. The number of likely N-dealkylation sites (tertiary alicyclic amines) is 1. The number of aliphatic hydroxyl groups is 1.